The first-order valence-electron chi connectivity index (χ1n) is 6.69. The first-order valence-corrected chi connectivity index (χ1v) is 7.07. The fourth-order valence-corrected chi connectivity index (χ4v) is 3.34. The lowest BCUT2D eigenvalue weighted by atomic mass is 9.90. The van der Waals surface area contributed by atoms with Crippen molar-refractivity contribution in [3.8, 4) is 0 Å². The van der Waals surface area contributed by atoms with Gasteiger partial charge in [0.2, 0.25) is 0 Å². The molecule has 2 aliphatic heterocycles. The molecule has 0 spiro atoms. The van der Waals surface area contributed by atoms with Gasteiger partial charge in [0.1, 0.15) is 6.04 Å². The molecule has 3 nitrogen and oxygen atoms in total. The van der Waals surface area contributed by atoms with Crippen molar-refractivity contribution in [3.63, 3.8) is 0 Å². The van der Waals surface area contributed by atoms with E-state index in [1.54, 1.807) is 0 Å². The zero-order valence-electron chi connectivity index (χ0n) is 10.8. The summed E-state index contributed by atoms with van der Waals surface area (Å²) in [5.74, 6) is 0.0203. The van der Waals surface area contributed by atoms with E-state index in [1.807, 2.05) is 36.4 Å². The molecule has 2 aromatic rings. The number of carbonyl (C=O) groups excluding carboxylic acids is 1. The summed E-state index contributed by atoms with van der Waals surface area (Å²) in [6, 6.07) is 13.6. The van der Waals surface area contributed by atoms with Crippen LogP contribution in [0.5, 0.6) is 0 Å². The monoisotopic (exact) mass is 284 g/mol. The number of fused-ring (bicyclic) bond motifs is 5. The molecule has 1 unspecified atom stereocenters. The maximum Gasteiger partial charge on any atom is 0.251 e. The Labute approximate surface area is 122 Å². The predicted octanol–water partition coefficient (Wildman–Crippen LogP) is 3.40. The van der Waals surface area contributed by atoms with Crippen LogP contribution in [-0.2, 0) is 11.2 Å². The Bertz CT molecular complexity index is 713. The lowest BCUT2D eigenvalue weighted by Crippen LogP contribution is -2.45. The molecular formula is C16H13ClN2O. The molecule has 2 aromatic carbocycles. The molecule has 2 heterocycles. The molecule has 4 heteroatoms. The third-order valence-electron chi connectivity index (χ3n) is 4.06. The van der Waals surface area contributed by atoms with Crippen LogP contribution in [0.25, 0.3) is 0 Å². The number of benzene rings is 2. The summed E-state index contributed by atoms with van der Waals surface area (Å²) in [6.45, 7) is 0.851. The van der Waals surface area contributed by atoms with Crippen LogP contribution in [0.3, 0.4) is 0 Å². The Hall–Kier alpha value is -2.00. The van der Waals surface area contributed by atoms with E-state index in [0.29, 0.717) is 5.02 Å². The van der Waals surface area contributed by atoms with Crippen molar-refractivity contribution in [2.24, 2.45) is 0 Å². The molecule has 2 aliphatic rings. The Morgan fingerprint density at radius 1 is 1.20 bits per heavy atom. The molecule has 0 saturated carbocycles. The third kappa shape index (κ3) is 1.63. The van der Waals surface area contributed by atoms with Crippen LogP contribution < -0.4 is 10.2 Å². The number of carbonyl (C=O) groups is 1. The van der Waals surface area contributed by atoms with Gasteiger partial charge < -0.3 is 10.2 Å². The molecule has 0 aliphatic carbocycles. The van der Waals surface area contributed by atoms with E-state index < -0.39 is 0 Å². The van der Waals surface area contributed by atoms with Gasteiger partial charge >= 0.3 is 0 Å². The molecule has 1 atom stereocenters. The van der Waals surface area contributed by atoms with Crippen LogP contribution >= 0.6 is 11.6 Å². The average molecular weight is 285 g/mol. The molecular weight excluding hydrogens is 272 g/mol. The average Bonchev–Trinajstić information content (AvgIpc) is 2.46. The minimum absolute atomic E-state index is 0.0203. The summed E-state index contributed by atoms with van der Waals surface area (Å²) >= 11 is 6.01. The lowest BCUT2D eigenvalue weighted by Gasteiger charge is -2.42. The number of halogens is 1. The zero-order chi connectivity index (χ0) is 13.7. The minimum atomic E-state index is -0.228. The van der Waals surface area contributed by atoms with Gasteiger partial charge in [-0.15, -0.1) is 0 Å². The van der Waals surface area contributed by atoms with Gasteiger partial charge in [0, 0.05) is 11.6 Å². The molecule has 4 rings (SSSR count). The number of nitrogens with one attached hydrogen (secondary N) is 1. The third-order valence-corrected chi connectivity index (χ3v) is 4.29. The van der Waals surface area contributed by atoms with Gasteiger partial charge in [0.15, 0.2) is 0 Å². The molecule has 0 fully saturated rings. The van der Waals surface area contributed by atoms with Crippen molar-refractivity contribution in [3.05, 3.63) is 58.6 Å². The molecule has 1 amide bonds. The number of hydrogen-bond donors (Lipinski definition) is 1. The highest BCUT2D eigenvalue weighted by atomic mass is 35.5. The van der Waals surface area contributed by atoms with E-state index in [0.717, 1.165) is 29.9 Å². The van der Waals surface area contributed by atoms with E-state index in [1.165, 1.54) is 5.56 Å². The molecule has 0 aromatic heterocycles. The fourth-order valence-electron chi connectivity index (χ4n) is 3.17. The summed E-state index contributed by atoms with van der Waals surface area (Å²) in [5.41, 5.74) is 4.23. The predicted molar refractivity (Wildman–Crippen MR) is 80.3 cm³/mol. The van der Waals surface area contributed by atoms with Crippen molar-refractivity contribution < 1.29 is 4.79 Å². The Morgan fingerprint density at radius 2 is 2.05 bits per heavy atom. The Balaban J connectivity index is 1.87. The molecule has 0 bridgehead atoms. The first kappa shape index (κ1) is 11.8. The number of nitrogens with zero attached hydrogens (tertiary/aromatic N) is 1. The van der Waals surface area contributed by atoms with Gasteiger partial charge in [-0.1, -0.05) is 35.9 Å². The van der Waals surface area contributed by atoms with E-state index in [4.69, 9.17) is 11.6 Å². The summed E-state index contributed by atoms with van der Waals surface area (Å²) in [7, 11) is 0. The maximum atomic E-state index is 12.5. The normalized spacial score (nSPS) is 19.8. The van der Waals surface area contributed by atoms with Gasteiger partial charge in [-0.3, -0.25) is 4.79 Å². The SMILES string of the molecule is O=C1Nc2cc(Cl)ccc2N2CCc3ccccc3C12. The summed E-state index contributed by atoms with van der Waals surface area (Å²) < 4.78 is 0. The smallest absolute Gasteiger partial charge is 0.251 e. The second-order valence-corrected chi connectivity index (χ2v) is 5.63. The highest BCUT2D eigenvalue weighted by Crippen LogP contribution is 2.42. The largest absolute Gasteiger partial charge is 0.354 e. The van der Waals surface area contributed by atoms with Gasteiger partial charge in [-0.05, 0) is 35.7 Å². The second kappa shape index (κ2) is 4.25. The van der Waals surface area contributed by atoms with Crippen molar-refractivity contribution in [1.82, 2.24) is 0 Å². The van der Waals surface area contributed by atoms with Crippen LogP contribution in [0.1, 0.15) is 17.2 Å². The number of hydrogen-bond acceptors (Lipinski definition) is 2. The quantitative estimate of drug-likeness (QED) is 0.804. The fraction of sp³-hybridized carbons (Fsp3) is 0.188. The molecule has 0 radical (unpaired) electrons. The minimum Gasteiger partial charge on any atom is -0.354 e. The van der Waals surface area contributed by atoms with Crippen LogP contribution in [0.4, 0.5) is 11.4 Å². The van der Waals surface area contributed by atoms with Crippen molar-refractivity contribution >= 4 is 28.9 Å². The van der Waals surface area contributed by atoms with Gasteiger partial charge in [-0.25, -0.2) is 0 Å². The van der Waals surface area contributed by atoms with Gasteiger partial charge in [0.05, 0.1) is 11.4 Å². The standard InChI is InChI=1S/C16H13ClN2O/c17-11-5-6-14-13(9-11)18-16(20)15-12-4-2-1-3-10(12)7-8-19(14)15/h1-6,9,15H,7-8H2,(H,18,20). The molecule has 1 N–H and O–H groups in total. The van der Waals surface area contributed by atoms with Crippen molar-refractivity contribution in [1.29, 1.82) is 0 Å². The lowest BCUT2D eigenvalue weighted by molar-refractivity contribution is -0.117. The molecule has 100 valence electrons. The van der Waals surface area contributed by atoms with Gasteiger partial charge in [-0.2, -0.15) is 0 Å². The summed E-state index contributed by atoms with van der Waals surface area (Å²) in [4.78, 5) is 14.6. The second-order valence-electron chi connectivity index (χ2n) is 5.20. The Kier molecular flexibility index (Phi) is 2.51. The van der Waals surface area contributed by atoms with Crippen LogP contribution in [0, 0.1) is 0 Å². The summed E-state index contributed by atoms with van der Waals surface area (Å²) in [5, 5.41) is 3.61. The molecule has 20 heavy (non-hydrogen) atoms. The van der Waals surface area contributed by atoms with Crippen molar-refractivity contribution in [2.75, 3.05) is 16.8 Å². The van der Waals surface area contributed by atoms with E-state index >= 15 is 0 Å². The highest BCUT2D eigenvalue weighted by molar-refractivity contribution is 6.31. The van der Waals surface area contributed by atoms with Crippen molar-refractivity contribution in [2.45, 2.75) is 12.5 Å². The number of anilines is 2. The Morgan fingerprint density at radius 3 is 2.95 bits per heavy atom. The maximum absolute atomic E-state index is 12.5. The van der Waals surface area contributed by atoms with E-state index in [9.17, 15) is 4.79 Å². The zero-order valence-corrected chi connectivity index (χ0v) is 11.5. The van der Waals surface area contributed by atoms with E-state index in [-0.39, 0.29) is 11.9 Å². The summed E-state index contributed by atoms with van der Waals surface area (Å²) in [6.07, 6.45) is 0.960. The molecule has 0 saturated heterocycles. The first-order chi connectivity index (χ1) is 9.74. The number of rotatable bonds is 0. The van der Waals surface area contributed by atoms with Gasteiger partial charge in [0.25, 0.3) is 5.91 Å². The van der Waals surface area contributed by atoms with E-state index in [2.05, 4.69) is 16.3 Å². The number of amides is 1. The van der Waals surface area contributed by atoms with Crippen LogP contribution in [0.2, 0.25) is 5.02 Å². The topological polar surface area (TPSA) is 32.3 Å². The van der Waals surface area contributed by atoms with Crippen LogP contribution in [-0.4, -0.2) is 12.5 Å². The van der Waals surface area contributed by atoms with Crippen LogP contribution in [0.15, 0.2) is 42.5 Å². The highest BCUT2D eigenvalue weighted by Gasteiger charge is 2.37.